The number of carbonyl (C=O) groups is 1. The zero-order chi connectivity index (χ0) is 22.7. The first-order valence-electron chi connectivity index (χ1n) is 11.4. The van der Waals surface area contributed by atoms with Crippen LogP contribution in [-0.2, 0) is 13.0 Å². The van der Waals surface area contributed by atoms with Crippen molar-refractivity contribution in [3.8, 4) is 5.75 Å². The summed E-state index contributed by atoms with van der Waals surface area (Å²) in [6.45, 7) is 5.81. The number of benzene rings is 2. The summed E-state index contributed by atoms with van der Waals surface area (Å²) < 4.78 is 6.93. The second kappa shape index (κ2) is 9.55. The molecule has 0 aliphatic carbocycles. The molecule has 6 nitrogen and oxygen atoms in total. The van der Waals surface area contributed by atoms with Crippen LogP contribution in [0.4, 0.5) is 0 Å². The summed E-state index contributed by atoms with van der Waals surface area (Å²) in [7, 11) is 1.68. The van der Waals surface area contributed by atoms with E-state index in [0.29, 0.717) is 29.2 Å². The van der Waals surface area contributed by atoms with Gasteiger partial charge in [-0.3, -0.25) is 9.59 Å². The highest BCUT2D eigenvalue weighted by atomic mass is 16.5. The Balaban J connectivity index is 1.38. The lowest BCUT2D eigenvalue weighted by Crippen LogP contribution is -2.38. The van der Waals surface area contributed by atoms with E-state index >= 15 is 0 Å². The molecule has 1 aliphatic heterocycles. The van der Waals surface area contributed by atoms with Gasteiger partial charge < -0.3 is 14.2 Å². The predicted octanol–water partition coefficient (Wildman–Crippen LogP) is 4.22. The molecule has 0 spiro atoms. The van der Waals surface area contributed by atoms with Crippen molar-refractivity contribution < 1.29 is 9.53 Å². The Hall–Kier alpha value is -3.15. The average molecular weight is 434 g/mol. The summed E-state index contributed by atoms with van der Waals surface area (Å²) in [5.41, 5.74) is 3.83. The molecule has 168 valence electrons. The van der Waals surface area contributed by atoms with Gasteiger partial charge in [0.15, 0.2) is 0 Å². The molecule has 0 bridgehead atoms. The number of aryl methyl sites for hydroxylation is 3. The topological polar surface area (TPSA) is 64.4 Å². The zero-order valence-corrected chi connectivity index (χ0v) is 19.1. The summed E-state index contributed by atoms with van der Waals surface area (Å²) in [5.74, 6) is 1.58. The highest BCUT2D eigenvalue weighted by molar-refractivity contribution is 5.97. The number of ether oxygens (including phenoxy) is 1. The number of amides is 1. The van der Waals surface area contributed by atoms with Crippen molar-refractivity contribution in [3.05, 3.63) is 69.6 Å². The minimum Gasteiger partial charge on any atom is -0.497 e. The predicted molar refractivity (Wildman–Crippen MR) is 126 cm³/mol. The summed E-state index contributed by atoms with van der Waals surface area (Å²) in [4.78, 5) is 31.8. The normalized spacial score (nSPS) is 14.7. The minimum absolute atomic E-state index is 0.0502. The van der Waals surface area contributed by atoms with E-state index < -0.39 is 0 Å². The van der Waals surface area contributed by atoms with E-state index in [1.807, 2.05) is 42.2 Å². The Morgan fingerprint density at radius 2 is 1.84 bits per heavy atom. The lowest BCUT2D eigenvalue weighted by Gasteiger charge is -2.32. The number of likely N-dealkylation sites (tertiary alicyclic amines) is 1. The molecule has 4 rings (SSSR count). The SMILES string of the molecule is CCn1c(=O)c(C)nc2cc(C(=O)N3CCC(CCc4ccc(OC)cc4)CC3)ccc21. The number of rotatable bonds is 6. The Kier molecular flexibility index (Phi) is 6.58. The molecule has 0 unspecified atom stereocenters. The van der Waals surface area contributed by atoms with E-state index in [2.05, 4.69) is 17.1 Å². The lowest BCUT2D eigenvalue weighted by atomic mass is 9.90. The third-order valence-electron chi connectivity index (χ3n) is 6.57. The molecular weight excluding hydrogens is 402 g/mol. The third-order valence-corrected chi connectivity index (χ3v) is 6.57. The first-order valence-corrected chi connectivity index (χ1v) is 11.4. The molecule has 0 radical (unpaired) electrons. The van der Waals surface area contributed by atoms with Gasteiger partial charge >= 0.3 is 0 Å². The number of aromatic nitrogens is 2. The molecule has 0 atom stereocenters. The number of hydrogen-bond acceptors (Lipinski definition) is 4. The van der Waals surface area contributed by atoms with Gasteiger partial charge in [0.05, 0.1) is 18.1 Å². The molecule has 1 aliphatic rings. The van der Waals surface area contributed by atoms with E-state index in [1.54, 1.807) is 18.6 Å². The maximum Gasteiger partial charge on any atom is 0.272 e. The monoisotopic (exact) mass is 433 g/mol. The molecule has 1 amide bonds. The molecule has 32 heavy (non-hydrogen) atoms. The lowest BCUT2D eigenvalue weighted by molar-refractivity contribution is 0.0687. The van der Waals surface area contributed by atoms with Crippen LogP contribution in [0.1, 0.15) is 47.8 Å². The van der Waals surface area contributed by atoms with Gasteiger partial charge in [0.25, 0.3) is 11.5 Å². The number of hydrogen-bond donors (Lipinski definition) is 0. The second-order valence-electron chi connectivity index (χ2n) is 8.57. The van der Waals surface area contributed by atoms with Crippen molar-refractivity contribution in [3.63, 3.8) is 0 Å². The Bertz CT molecular complexity index is 1160. The third kappa shape index (κ3) is 4.54. The molecule has 1 saturated heterocycles. The maximum atomic E-state index is 13.1. The van der Waals surface area contributed by atoms with Crippen LogP contribution < -0.4 is 10.3 Å². The summed E-state index contributed by atoms with van der Waals surface area (Å²) in [5, 5.41) is 0. The summed E-state index contributed by atoms with van der Waals surface area (Å²) >= 11 is 0. The van der Waals surface area contributed by atoms with Crippen LogP contribution in [0.25, 0.3) is 11.0 Å². The van der Waals surface area contributed by atoms with Crippen LogP contribution in [0.2, 0.25) is 0 Å². The second-order valence-corrected chi connectivity index (χ2v) is 8.57. The van der Waals surface area contributed by atoms with Crippen molar-refractivity contribution in [2.45, 2.75) is 46.1 Å². The quantitative estimate of drug-likeness (QED) is 0.584. The zero-order valence-electron chi connectivity index (χ0n) is 19.1. The van der Waals surface area contributed by atoms with Gasteiger partial charge in [-0.05, 0) is 81.3 Å². The first-order chi connectivity index (χ1) is 15.5. The highest BCUT2D eigenvalue weighted by Gasteiger charge is 2.24. The van der Waals surface area contributed by atoms with Crippen molar-refractivity contribution in [2.75, 3.05) is 20.2 Å². The van der Waals surface area contributed by atoms with Gasteiger partial charge in [0.2, 0.25) is 0 Å². The number of carbonyl (C=O) groups excluding carboxylic acids is 1. The molecular formula is C26H31N3O3. The fourth-order valence-corrected chi connectivity index (χ4v) is 4.59. The van der Waals surface area contributed by atoms with Crippen LogP contribution in [0.15, 0.2) is 47.3 Å². The molecule has 1 fully saturated rings. The van der Waals surface area contributed by atoms with Gasteiger partial charge in [-0.25, -0.2) is 4.98 Å². The molecule has 1 aromatic heterocycles. The standard InChI is InChI=1S/C26H31N3O3/c1-4-29-24-12-9-21(17-23(24)27-18(2)25(29)30)26(31)28-15-13-20(14-16-28)6-5-19-7-10-22(32-3)11-8-19/h7-12,17,20H,4-6,13-16H2,1-3H3. The molecule has 0 N–H and O–H groups in total. The van der Waals surface area contributed by atoms with Crippen LogP contribution in [0.3, 0.4) is 0 Å². The van der Waals surface area contributed by atoms with Crippen molar-refractivity contribution in [2.24, 2.45) is 5.92 Å². The van der Waals surface area contributed by atoms with Crippen LogP contribution in [-0.4, -0.2) is 40.6 Å². The van der Waals surface area contributed by atoms with Crippen molar-refractivity contribution >= 4 is 16.9 Å². The van der Waals surface area contributed by atoms with Crippen LogP contribution in [0.5, 0.6) is 5.75 Å². The Morgan fingerprint density at radius 1 is 1.12 bits per heavy atom. The molecule has 3 aromatic rings. The summed E-state index contributed by atoms with van der Waals surface area (Å²) in [6.07, 6.45) is 4.25. The minimum atomic E-state index is -0.0733. The van der Waals surface area contributed by atoms with E-state index in [0.717, 1.165) is 50.0 Å². The summed E-state index contributed by atoms with van der Waals surface area (Å²) in [6, 6.07) is 13.8. The average Bonchev–Trinajstić information content (AvgIpc) is 2.83. The Morgan fingerprint density at radius 3 is 2.50 bits per heavy atom. The Labute approximate surface area is 188 Å². The first kappa shape index (κ1) is 22.1. The highest BCUT2D eigenvalue weighted by Crippen LogP contribution is 2.25. The van der Waals surface area contributed by atoms with Gasteiger partial charge in [0, 0.05) is 25.2 Å². The van der Waals surface area contributed by atoms with E-state index in [1.165, 1.54) is 5.56 Å². The van der Waals surface area contributed by atoms with E-state index in [-0.39, 0.29) is 11.5 Å². The van der Waals surface area contributed by atoms with Gasteiger partial charge in [-0.15, -0.1) is 0 Å². The largest absolute Gasteiger partial charge is 0.497 e. The number of fused-ring (bicyclic) bond motifs is 1. The van der Waals surface area contributed by atoms with E-state index in [9.17, 15) is 9.59 Å². The molecule has 2 heterocycles. The molecule has 6 heteroatoms. The van der Waals surface area contributed by atoms with Gasteiger partial charge in [-0.1, -0.05) is 12.1 Å². The van der Waals surface area contributed by atoms with Crippen LogP contribution >= 0.6 is 0 Å². The van der Waals surface area contributed by atoms with Crippen molar-refractivity contribution in [1.29, 1.82) is 0 Å². The number of piperidine rings is 1. The molecule has 0 saturated carbocycles. The van der Waals surface area contributed by atoms with Crippen LogP contribution in [0, 0.1) is 12.8 Å². The number of methoxy groups -OCH3 is 1. The fraction of sp³-hybridized carbons (Fsp3) is 0.423. The van der Waals surface area contributed by atoms with Gasteiger partial charge in [0.1, 0.15) is 11.4 Å². The molecule has 2 aromatic carbocycles. The van der Waals surface area contributed by atoms with Gasteiger partial charge in [-0.2, -0.15) is 0 Å². The van der Waals surface area contributed by atoms with E-state index in [4.69, 9.17) is 4.74 Å². The van der Waals surface area contributed by atoms with Crippen molar-refractivity contribution in [1.82, 2.24) is 14.5 Å². The number of nitrogens with zero attached hydrogens (tertiary/aromatic N) is 3. The fourth-order valence-electron chi connectivity index (χ4n) is 4.59. The smallest absolute Gasteiger partial charge is 0.272 e. The maximum absolute atomic E-state index is 13.1.